The smallest absolute Gasteiger partial charge is 0.228 e. The molecule has 3 aliphatic rings. The van der Waals surface area contributed by atoms with Crippen molar-refractivity contribution >= 4 is 11.8 Å². The third-order valence-corrected chi connectivity index (χ3v) is 5.46. The van der Waals surface area contributed by atoms with E-state index in [1.807, 2.05) is 22.9 Å². The summed E-state index contributed by atoms with van der Waals surface area (Å²) in [5, 5.41) is 0. The van der Waals surface area contributed by atoms with E-state index in [1.54, 1.807) is 0 Å². The van der Waals surface area contributed by atoms with Crippen LogP contribution in [-0.4, -0.2) is 64.0 Å². The van der Waals surface area contributed by atoms with E-state index in [4.69, 9.17) is 4.74 Å². The van der Waals surface area contributed by atoms with E-state index < -0.39 is 0 Å². The van der Waals surface area contributed by atoms with Gasteiger partial charge in [-0.05, 0) is 25.7 Å². The Kier molecular flexibility index (Phi) is 4.50. The Hall–Kier alpha value is -1.89. The van der Waals surface area contributed by atoms with Gasteiger partial charge in [-0.3, -0.25) is 9.59 Å². The van der Waals surface area contributed by atoms with Crippen LogP contribution in [0.3, 0.4) is 0 Å². The lowest BCUT2D eigenvalue weighted by Crippen LogP contribution is -2.41. The van der Waals surface area contributed by atoms with Crippen LogP contribution in [0.5, 0.6) is 0 Å². The Morgan fingerprint density at radius 1 is 1.16 bits per heavy atom. The number of imidazole rings is 1. The Morgan fingerprint density at radius 2 is 1.92 bits per heavy atom. The van der Waals surface area contributed by atoms with Crippen molar-refractivity contribution in [3.8, 4) is 0 Å². The van der Waals surface area contributed by atoms with Gasteiger partial charge in [0, 0.05) is 38.8 Å². The van der Waals surface area contributed by atoms with Gasteiger partial charge in [0.25, 0.3) is 0 Å². The maximum atomic E-state index is 12.5. The quantitative estimate of drug-likeness (QED) is 0.815. The molecular weight excluding hydrogens is 320 g/mol. The number of rotatable bonds is 4. The van der Waals surface area contributed by atoms with Crippen molar-refractivity contribution in [3.05, 3.63) is 17.7 Å². The molecule has 136 valence electrons. The summed E-state index contributed by atoms with van der Waals surface area (Å²) in [5.41, 5.74) is 0.801. The minimum Gasteiger partial charge on any atom is -0.378 e. The number of morpholine rings is 1. The predicted octanol–water partition coefficient (Wildman–Crippen LogP) is 0.988. The standard InChI is InChI=1S/C18H26N4O3/c1-13-18-19-15(11-16(23)20-6-8-25-9-7-20)12-21(18)4-5-22(13)17(24)10-14-2-3-14/h12-14H,2-11H2,1H3. The first-order chi connectivity index (χ1) is 12.1. The summed E-state index contributed by atoms with van der Waals surface area (Å²) in [4.78, 5) is 33.4. The van der Waals surface area contributed by atoms with Crippen LogP contribution in [0.1, 0.15) is 43.7 Å². The van der Waals surface area contributed by atoms with E-state index in [2.05, 4.69) is 9.55 Å². The molecule has 0 N–H and O–H groups in total. The summed E-state index contributed by atoms with van der Waals surface area (Å²) in [6, 6.07) is -0.0211. The first-order valence-electron chi connectivity index (χ1n) is 9.33. The van der Waals surface area contributed by atoms with Crippen LogP contribution in [0.2, 0.25) is 0 Å². The third kappa shape index (κ3) is 3.56. The molecule has 0 bridgehead atoms. The molecule has 0 radical (unpaired) electrons. The van der Waals surface area contributed by atoms with Gasteiger partial charge >= 0.3 is 0 Å². The van der Waals surface area contributed by atoms with Crippen LogP contribution >= 0.6 is 0 Å². The highest BCUT2D eigenvalue weighted by atomic mass is 16.5. The molecular formula is C18H26N4O3. The van der Waals surface area contributed by atoms with Gasteiger partial charge in [-0.1, -0.05) is 0 Å². The van der Waals surface area contributed by atoms with Crippen molar-refractivity contribution in [3.63, 3.8) is 0 Å². The van der Waals surface area contributed by atoms with Crippen LogP contribution in [0.15, 0.2) is 6.20 Å². The highest BCUT2D eigenvalue weighted by Gasteiger charge is 2.33. The van der Waals surface area contributed by atoms with E-state index in [-0.39, 0.29) is 17.9 Å². The monoisotopic (exact) mass is 346 g/mol. The topological polar surface area (TPSA) is 67.7 Å². The Balaban J connectivity index is 1.42. The number of hydrogen-bond donors (Lipinski definition) is 0. The first kappa shape index (κ1) is 16.6. The summed E-state index contributed by atoms with van der Waals surface area (Å²) in [7, 11) is 0. The second-order valence-electron chi connectivity index (χ2n) is 7.36. The fourth-order valence-electron chi connectivity index (χ4n) is 3.74. The maximum absolute atomic E-state index is 12.5. The lowest BCUT2D eigenvalue weighted by atomic mass is 10.1. The Bertz CT molecular complexity index is 661. The molecule has 25 heavy (non-hydrogen) atoms. The molecule has 1 saturated carbocycles. The van der Waals surface area contributed by atoms with Gasteiger partial charge in [-0.2, -0.15) is 0 Å². The molecule has 1 atom stereocenters. The van der Waals surface area contributed by atoms with Crippen LogP contribution in [-0.2, 0) is 27.3 Å². The molecule has 7 heteroatoms. The Morgan fingerprint density at radius 3 is 2.64 bits per heavy atom. The number of hydrogen-bond acceptors (Lipinski definition) is 4. The molecule has 0 aromatic carbocycles. The molecule has 1 aromatic rings. The van der Waals surface area contributed by atoms with Gasteiger partial charge in [0.15, 0.2) is 0 Å². The maximum Gasteiger partial charge on any atom is 0.228 e. The largest absolute Gasteiger partial charge is 0.378 e. The van der Waals surface area contributed by atoms with E-state index in [0.717, 1.165) is 24.6 Å². The summed E-state index contributed by atoms with van der Waals surface area (Å²) in [5.74, 6) is 1.85. The second kappa shape index (κ2) is 6.78. The number of carbonyl (C=O) groups is 2. The van der Waals surface area contributed by atoms with Crippen LogP contribution in [0, 0.1) is 5.92 Å². The number of aromatic nitrogens is 2. The minimum atomic E-state index is -0.0211. The van der Waals surface area contributed by atoms with Crippen molar-refractivity contribution in [1.82, 2.24) is 19.4 Å². The number of nitrogens with zero attached hydrogens (tertiary/aromatic N) is 4. The summed E-state index contributed by atoms with van der Waals surface area (Å²) in [6.07, 6.45) is 5.36. The fraction of sp³-hybridized carbons (Fsp3) is 0.722. The zero-order valence-electron chi connectivity index (χ0n) is 14.8. The van der Waals surface area contributed by atoms with Crippen molar-refractivity contribution < 1.29 is 14.3 Å². The lowest BCUT2D eigenvalue weighted by Gasteiger charge is -2.34. The molecule has 4 rings (SSSR count). The molecule has 0 spiro atoms. The molecule has 2 aliphatic heterocycles. The van der Waals surface area contributed by atoms with Gasteiger partial charge in [-0.15, -0.1) is 0 Å². The van der Waals surface area contributed by atoms with Gasteiger partial charge in [0.1, 0.15) is 5.82 Å². The average Bonchev–Trinajstić information content (AvgIpc) is 3.33. The SMILES string of the molecule is CC1c2nc(CC(=O)N3CCOCC3)cn2CCN1C(=O)CC1CC1. The van der Waals surface area contributed by atoms with Gasteiger partial charge in [-0.25, -0.2) is 4.98 Å². The Labute approximate surface area is 147 Å². The zero-order valence-corrected chi connectivity index (χ0v) is 14.8. The average molecular weight is 346 g/mol. The van der Waals surface area contributed by atoms with Crippen molar-refractivity contribution in [2.75, 3.05) is 32.8 Å². The molecule has 2 amide bonds. The lowest BCUT2D eigenvalue weighted by molar-refractivity contribution is -0.135. The number of fused-ring (bicyclic) bond motifs is 1. The summed E-state index contributed by atoms with van der Waals surface area (Å²) in [6.45, 7) is 6.07. The highest BCUT2D eigenvalue weighted by Crippen LogP contribution is 2.34. The molecule has 1 aliphatic carbocycles. The molecule has 2 fully saturated rings. The van der Waals surface area contributed by atoms with Gasteiger partial charge in [0.05, 0.1) is 31.4 Å². The zero-order chi connectivity index (χ0) is 17.4. The predicted molar refractivity (Wildman–Crippen MR) is 90.8 cm³/mol. The highest BCUT2D eigenvalue weighted by molar-refractivity contribution is 5.78. The number of amides is 2. The summed E-state index contributed by atoms with van der Waals surface area (Å²) < 4.78 is 7.40. The van der Waals surface area contributed by atoms with Crippen molar-refractivity contribution in [1.29, 1.82) is 0 Å². The van der Waals surface area contributed by atoms with Crippen LogP contribution in [0.25, 0.3) is 0 Å². The first-order valence-corrected chi connectivity index (χ1v) is 9.33. The van der Waals surface area contributed by atoms with Crippen LogP contribution < -0.4 is 0 Å². The summed E-state index contributed by atoms with van der Waals surface area (Å²) >= 11 is 0. The molecule has 3 heterocycles. The molecule has 1 aromatic heterocycles. The molecule has 7 nitrogen and oxygen atoms in total. The molecule has 1 saturated heterocycles. The van der Waals surface area contributed by atoms with E-state index >= 15 is 0 Å². The minimum absolute atomic E-state index is 0.0211. The third-order valence-electron chi connectivity index (χ3n) is 5.46. The van der Waals surface area contributed by atoms with E-state index in [9.17, 15) is 9.59 Å². The number of ether oxygens (including phenoxy) is 1. The number of carbonyl (C=O) groups excluding carboxylic acids is 2. The fourth-order valence-corrected chi connectivity index (χ4v) is 3.74. The molecule has 1 unspecified atom stereocenters. The van der Waals surface area contributed by atoms with Crippen LogP contribution in [0.4, 0.5) is 0 Å². The van der Waals surface area contributed by atoms with Crippen molar-refractivity contribution in [2.24, 2.45) is 5.92 Å². The van der Waals surface area contributed by atoms with Gasteiger partial charge in [0.2, 0.25) is 11.8 Å². The van der Waals surface area contributed by atoms with Gasteiger partial charge < -0.3 is 19.1 Å². The second-order valence-corrected chi connectivity index (χ2v) is 7.36. The normalized spacial score (nSPS) is 23.5. The van der Waals surface area contributed by atoms with E-state index in [0.29, 0.717) is 45.1 Å². The van der Waals surface area contributed by atoms with Crippen molar-refractivity contribution in [2.45, 2.75) is 45.2 Å². The van der Waals surface area contributed by atoms with E-state index in [1.165, 1.54) is 12.8 Å².